The van der Waals surface area contributed by atoms with Gasteiger partial charge in [0, 0.05) is 26.2 Å². The minimum Gasteiger partial charge on any atom is -0.480 e. The number of carbonyl (C=O) groups excluding carboxylic acids is 9. The third-order valence-electron chi connectivity index (χ3n) is 13.1. The van der Waals surface area contributed by atoms with Crippen LogP contribution in [0, 0.1) is 23.7 Å². The van der Waals surface area contributed by atoms with Crippen molar-refractivity contribution in [1.29, 1.82) is 0 Å². The van der Waals surface area contributed by atoms with E-state index >= 15 is 0 Å². The number of nitrogens with one attached hydrogen (secondary N) is 7. The summed E-state index contributed by atoms with van der Waals surface area (Å²) >= 11 is 0. The summed E-state index contributed by atoms with van der Waals surface area (Å²) in [6.07, 6.45) is 2.40. The van der Waals surface area contributed by atoms with E-state index in [0.717, 1.165) is 0 Å². The summed E-state index contributed by atoms with van der Waals surface area (Å²) in [5.41, 5.74) is 27.7. The van der Waals surface area contributed by atoms with Crippen LogP contribution in [0.15, 0.2) is 9.98 Å². The fourth-order valence-corrected chi connectivity index (χ4v) is 8.98. The Morgan fingerprint density at radius 2 is 0.922 bits per heavy atom. The second-order valence-corrected chi connectivity index (χ2v) is 21.6. The summed E-state index contributed by atoms with van der Waals surface area (Å²) in [5.74, 6) is -8.52. The van der Waals surface area contributed by atoms with Gasteiger partial charge in [-0.1, -0.05) is 55.4 Å². The number of carboxylic acid groups (broad SMARTS) is 1. The number of aliphatic carboxylic acids is 1. The number of nitrogens with two attached hydrogens (primary N) is 5. The first-order valence-electron chi connectivity index (χ1n) is 26.8. The molecular formula is C50H90N16O11. The van der Waals surface area contributed by atoms with E-state index in [0.29, 0.717) is 25.7 Å². The first kappa shape index (κ1) is 66.3. The molecule has 0 spiro atoms. The molecule has 0 aromatic carbocycles. The number of guanidine groups is 2. The summed E-state index contributed by atoms with van der Waals surface area (Å²) < 4.78 is 0. The molecule has 0 radical (unpaired) electrons. The highest BCUT2D eigenvalue weighted by Crippen LogP contribution is 2.23. The van der Waals surface area contributed by atoms with Gasteiger partial charge in [-0.25, -0.2) is 4.79 Å². The molecule has 2 heterocycles. The van der Waals surface area contributed by atoms with Crippen molar-refractivity contribution in [1.82, 2.24) is 47.0 Å². The molecule has 2 fully saturated rings. The van der Waals surface area contributed by atoms with Crippen LogP contribution >= 0.6 is 0 Å². The zero-order chi connectivity index (χ0) is 58.4. The van der Waals surface area contributed by atoms with E-state index in [-0.39, 0.29) is 88.5 Å². The molecule has 2 aliphatic rings. The van der Waals surface area contributed by atoms with Gasteiger partial charge < -0.3 is 80.8 Å². The van der Waals surface area contributed by atoms with Gasteiger partial charge >= 0.3 is 5.97 Å². The molecule has 10 atom stereocenters. The van der Waals surface area contributed by atoms with Crippen molar-refractivity contribution < 1.29 is 53.1 Å². The zero-order valence-corrected chi connectivity index (χ0v) is 46.7. The number of likely N-dealkylation sites (tertiary alicyclic amines) is 2. The smallest absolute Gasteiger partial charge is 0.326 e. The minimum absolute atomic E-state index is 0.00757. The number of carbonyl (C=O) groups is 10. The number of rotatable bonds is 31. The third-order valence-corrected chi connectivity index (χ3v) is 13.1. The molecular weight excluding hydrogens is 1000 g/mol. The van der Waals surface area contributed by atoms with Crippen LogP contribution in [0.3, 0.4) is 0 Å². The highest BCUT2D eigenvalue weighted by atomic mass is 16.4. The van der Waals surface area contributed by atoms with Crippen molar-refractivity contribution in [2.24, 2.45) is 62.3 Å². The Kier molecular flexibility index (Phi) is 27.6. The number of hydrogen-bond donors (Lipinski definition) is 13. The lowest BCUT2D eigenvalue weighted by Crippen LogP contribution is -2.61. The fraction of sp³-hybridized carbons (Fsp3) is 0.760. The van der Waals surface area contributed by atoms with E-state index < -0.39 is 131 Å². The molecule has 436 valence electrons. The third kappa shape index (κ3) is 22.0. The number of amides is 9. The molecule has 77 heavy (non-hydrogen) atoms. The second-order valence-electron chi connectivity index (χ2n) is 21.6. The molecule has 0 saturated carbocycles. The average molecular weight is 1090 g/mol. The Morgan fingerprint density at radius 3 is 1.36 bits per heavy atom. The van der Waals surface area contributed by atoms with Gasteiger partial charge in [-0.2, -0.15) is 0 Å². The maximum absolute atomic E-state index is 14.4. The van der Waals surface area contributed by atoms with Gasteiger partial charge in [-0.3, -0.25) is 53.1 Å². The SMILES string of the molecule is CC(C)C[C@H](NC(=O)[C@@H]1CCCN1C(=O)[C@@H](NC(=O)[C@@H](NC(=O)[C@H](C)NC(=O)[C@H](CCCN=C(N)N)NC(=O)[C@@H]1CCCN1C(=O)[C@H](CC(C)C)NC(=O)[C@H](CCCN=C(N)N)NC(=O)[C@H](C)N)C(C)C)C(C)C)C(=O)O. The minimum atomic E-state index is -1.27. The van der Waals surface area contributed by atoms with Crippen LogP contribution in [0.5, 0.6) is 0 Å². The number of hydrogen-bond acceptors (Lipinski definition) is 13. The molecule has 9 amide bonds. The Hall–Kier alpha value is -6.80. The maximum Gasteiger partial charge on any atom is 0.326 e. The van der Waals surface area contributed by atoms with E-state index in [4.69, 9.17) is 28.7 Å². The summed E-state index contributed by atoms with van der Waals surface area (Å²) in [6, 6.07) is -11.2. The lowest BCUT2D eigenvalue weighted by atomic mass is 9.98. The predicted octanol–water partition coefficient (Wildman–Crippen LogP) is -2.67. The molecule has 18 N–H and O–H groups in total. The monoisotopic (exact) mass is 1090 g/mol. The van der Waals surface area contributed by atoms with E-state index in [1.807, 2.05) is 27.7 Å². The van der Waals surface area contributed by atoms with Crippen molar-refractivity contribution in [3.8, 4) is 0 Å². The highest BCUT2D eigenvalue weighted by Gasteiger charge is 2.42. The van der Waals surface area contributed by atoms with E-state index in [1.165, 1.54) is 23.6 Å². The Morgan fingerprint density at radius 1 is 0.506 bits per heavy atom. The lowest BCUT2D eigenvalue weighted by Gasteiger charge is -2.33. The second kappa shape index (κ2) is 32.1. The highest BCUT2D eigenvalue weighted by molar-refractivity contribution is 5.99. The molecule has 0 unspecified atom stereocenters. The van der Waals surface area contributed by atoms with Gasteiger partial charge in [0.05, 0.1) is 6.04 Å². The summed E-state index contributed by atoms with van der Waals surface area (Å²) in [5, 5.41) is 28.5. The zero-order valence-electron chi connectivity index (χ0n) is 46.7. The number of aliphatic imine (C=N–C) groups is 2. The maximum atomic E-state index is 14.4. The van der Waals surface area contributed by atoms with Crippen molar-refractivity contribution in [3.63, 3.8) is 0 Å². The summed E-state index contributed by atoms with van der Waals surface area (Å²) in [6.45, 7) is 17.6. The predicted molar refractivity (Wildman–Crippen MR) is 288 cm³/mol. The topological polar surface area (TPSA) is 436 Å². The van der Waals surface area contributed by atoms with Crippen molar-refractivity contribution in [2.75, 3.05) is 26.2 Å². The van der Waals surface area contributed by atoms with Gasteiger partial charge in [-0.05, 0) is 102 Å². The first-order chi connectivity index (χ1) is 36.0. The summed E-state index contributed by atoms with van der Waals surface area (Å²) in [7, 11) is 0. The van der Waals surface area contributed by atoms with Gasteiger partial charge in [0.1, 0.15) is 54.4 Å². The Balaban J connectivity index is 2.29. The van der Waals surface area contributed by atoms with Gasteiger partial charge in [0.25, 0.3) is 0 Å². The van der Waals surface area contributed by atoms with Gasteiger partial charge in [-0.15, -0.1) is 0 Å². The van der Waals surface area contributed by atoms with E-state index in [9.17, 15) is 53.1 Å². The molecule has 0 bridgehead atoms. The molecule has 2 saturated heterocycles. The molecule has 2 rings (SSSR count). The van der Waals surface area contributed by atoms with Crippen LogP contribution in [0.1, 0.15) is 133 Å². The Bertz CT molecular complexity index is 2110. The standard InChI is InChI=1S/C50H90N16O11/c1-25(2)23-33(61-42(70)32(59-39(67)29(9)51)16-12-20-57-50(54)55)46(74)65-21-13-17-35(65)43(71)60-31(15-11-19-56-49(52)53)41(69)58-30(10)40(68)63-37(27(5)6)45(73)64-38(28(7)8)47(75)66-22-14-18-36(66)44(72)62-34(48(76)77)24-26(3)4/h25-38H,11-24,51H2,1-10H3,(H,58,69)(H,59,67)(H,60,71)(H,61,70)(H,62,72)(H,63,68)(H,64,73)(H,76,77)(H4,52,53,56)(H4,54,55,57)/t29-,30-,31-,32-,33-,34-,35-,36-,37-,38-/m0/s1. The van der Waals surface area contributed by atoms with Crippen LogP contribution in [0.25, 0.3) is 0 Å². The molecule has 0 aliphatic carbocycles. The largest absolute Gasteiger partial charge is 0.480 e. The van der Waals surface area contributed by atoms with Crippen LogP contribution in [0.4, 0.5) is 0 Å². The van der Waals surface area contributed by atoms with Crippen molar-refractivity contribution >= 4 is 71.1 Å². The quantitative estimate of drug-likeness (QED) is 0.0191. The van der Waals surface area contributed by atoms with Crippen molar-refractivity contribution in [3.05, 3.63) is 0 Å². The number of carboxylic acids is 1. The lowest BCUT2D eigenvalue weighted by molar-refractivity contribution is -0.145. The van der Waals surface area contributed by atoms with Gasteiger partial charge in [0.15, 0.2) is 11.9 Å². The van der Waals surface area contributed by atoms with E-state index in [1.54, 1.807) is 27.7 Å². The van der Waals surface area contributed by atoms with Gasteiger partial charge in [0.2, 0.25) is 53.2 Å². The molecule has 0 aromatic rings. The average Bonchev–Trinajstić information content (AvgIpc) is 4.04. The first-order valence-corrected chi connectivity index (χ1v) is 26.8. The molecule has 27 heteroatoms. The van der Waals surface area contributed by atoms with E-state index in [2.05, 4.69) is 47.2 Å². The molecule has 27 nitrogen and oxygen atoms in total. The van der Waals surface area contributed by atoms with Crippen LogP contribution < -0.4 is 65.9 Å². The van der Waals surface area contributed by atoms with Crippen LogP contribution in [-0.2, 0) is 47.9 Å². The number of nitrogens with zero attached hydrogens (tertiary/aromatic N) is 4. The Labute approximate surface area is 452 Å². The summed E-state index contributed by atoms with van der Waals surface area (Å²) in [4.78, 5) is 147. The normalized spacial score (nSPS) is 18.4. The van der Waals surface area contributed by atoms with Crippen LogP contribution in [0.2, 0.25) is 0 Å². The van der Waals surface area contributed by atoms with Crippen molar-refractivity contribution in [2.45, 2.75) is 194 Å². The molecule has 0 aromatic heterocycles. The fourth-order valence-electron chi connectivity index (χ4n) is 8.98. The molecule has 2 aliphatic heterocycles. The van der Waals surface area contributed by atoms with Crippen LogP contribution in [-0.4, -0.2) is 173 Å².